The van der Waals surface area contributed by atoms with E-state index in [1.807, 2.05) is 0 Å². The maximum absolute atomic E-state index is 12.1. The standard InChI is InChI=1S/C19H25NO8/c1-18(2,16(23)25-5)10-27-14(21)12-7-8-13(20-9-12)15(22)28-11-19(3,4)17(24)26-6/h7-9H,10-11H2,1-6H3. The highest BCUT2D eigenvalue weighted by molar-refractivity contribution is 5.92. The molecule has 0 unspecified atom stereocenters. The number of aromatic nitrogens is 1. The second-order valence-corrected chi connectivity index (χ2v) is 7.34. The minimum Gasteiger partial charge on any atom is -0.469 e. The Labute approximate surface area is 163 Å². The molecule has 28 heavy (non-hydrogen) atoms. The Morgan fingerprint density at radius 3 is 1.68 bits per heavy atom. The molecule has 0 N–H and O–H groups in total. The molecule has 0 saturated carbocycles. The van der Waals surface area contributed by atoms with Gasteiger partial charge in [0.1, 0.15) is 18.9 Å². The maximum Gasteiger partial charge on any atom is 0.356 e. The van der Waals surface area contributed by atoms with Crippen LogP contribution >= 0.6 is 0 Å². The van der Waals surface area contributed by atoms with E-state index in [1.54, 1.807) is 27.7 Å². The molecule has 0 amide bonds. The first-order valence-corrected chi connectivity index (χ1v) is 8.42. The molecule has 0 bridgehead atoms. The summed E-state index contributed by atoms with van der Waals surface area (Å²) in [6.45, 7) is 5.96. The molecule has 0 aliphatic carbocycles. The number of carbonyl (C=O) groups excluding carboxylic acids is 4. The van der Waals surface area contributed by atoms with Crippen LogP contribution in [0.2, 0.25) is 0 Å². The van der Waals surface area contributed by atoms with Gasteiger partial charge in [0.2, 0.25) is 0 Å². The van der Waals surface area contributed by atoms with E-state index >= 15 is 0 Å². The minimum absolute atomic E-state index is 0.0351. The molecule has 9 heteroatoms. The SMILES string of the molecule is COC(=O)C(C)(C)COC(=O)c1ccc(C(=O)OCC(C)(C)C(=O)OC)nc1. The van der Waals surface area contributed by atoms with Gasteiger partial charge in [0.25, 0.3) is 0 Å². The zero-order valence-electron chi connectivity index (χ0n) is 16.9. The number of methoxy groups -OCH3 is 2. The van der Waals surface area contributed by atoms with Crippen LogP contribution in [0.25, 0.3) is 0 Å². The Morgan fingerprint density at radius 2 is 1.29 bits per heavy atom. The molecule has 0 fully saturated rings. The molecular weight excluding hydrogens is 370 g/mol. The van der Waals surface area contributed by atoms with E-state index in [-0.39, 0.29) is 24.5 Å². The molecule has 0 aliphatic rings. The first-order chi connectivity index (χ1) is 12.9. The summed E-state index contributed by atoms with van der Waals surface area (Å²) >= 11 is 0. The summed E-state index contributed by atoms with van der Waals surface area (Å²) in [6.07, 6.45) is 1.16. The number of rotatable bonds is 8. The minimum atomic E-state index is -0.999. The topological polar surface area (TPSA) is 118 Å². The molecular formula is C19H25NO8. The Bertz CT molecular complexity index is 674. The molecule has 1 heterocycles. The predicted octanol–water partition coefficient (Wildman–Crippen LogP) is 1.79. The molecule has 154 valence electrons. The average molecular weight is 395 g/mol. The normalized spacial score (nSPS) is 11.4. The van der Waals surface area contributed by atoms with Crippen molar-refractivity contribution < 1.29 is 38.1 Å². The van der Waals surface area contributed by atoms with Gasteiger partial charge in [0.15, 0.2) is 0 Å². The van der Waals surface area contributed by atoms with Crippen LogP contribution in [0.15, 0.2) is 18.3 Å². The van der Waals surface area contributed by atoms with Crippen molar-refractivity contribution >= 4 is 23.9 Å². The molecule has 9 nitrogen and oxygen atoms in total. The first-order valence-electron chi connectivity index (χ1n) is 8.42. The van der Waals surface area contributed by atoms with Crippen LogP contribution in [-0.4, -0.2) is 56.3 Å². The van der Waals surface area contributed by atoms with E-state index in [0.29, 0.717) is 0 Å². The fourth-order valence-corrected chi connectivity index (χ4v) is 1.96. The van der Waals surface area contributed by atoms with Crippen molar-refractivity contribution in [3.05, 3.63) is 29.6 Å². The quantitative estimate of drug-likeness (QED) is 0.479. The van der Waals surface area contributed by atoms with Gasteiger partial charge in [0, 0.05) is 6.20 Å². The highest BCUT2D eigenvalue weighted by Gasteiger charge is 2.32. The lowest BCUT2D eigenvalue weighted by molar-refractivity contribution is -0.153. The summed E-state index contributed by atoms with van der Waals surface area (Å²) in [6, 6.07) is 2.65. The Hall–Kier alpha value is -2.97. The number of carbonyl (C=O) groups is 4. The molecule has 0 spiro atoms. The third-order valence-electron chi connectivity index (χ3n) is 3.81. The fourth-order valence-electron chi connectivity index (χ4n) is 1.96. The van der Waals surface area contributed by atoms with Gasteiger partial charge >= 0.3 is 23.9 Å². The number of nitrogens with zero attached hydrogens (tertiary/aromatic N) is 1. The van der Waals surface area contributed by atoms with E-state index in [0.717, 1.165) is 6.20 Å². The van der Waals surface area contributed by atoms with Crippen molar-refractivity contribution in [1.29, 1.82) is 0 Å². The van der Waals surface area contributed by atoms with Gasteiger partial charge in [-0.1, -0.05) is 0 Å². The van der Waals surface area contributed by atoms with Crippen LogP contribution in [-0.2, 0) is 28.5 Å². The van der Waals surface area contributed by atoms with Crippen LogP contribution in [0.3, 0.4) is 0 Å². The largest absolute Gasteiger partial charge is 0.469 e. The van der Waals surface area contributed by atoms with Crippen molar-refractivity contribution in [1.82, 2.24) is 4.98 Å². The summed E-state index contributed by atoms with van der Waals surface area (Å²) in [5, 5.41) is 0. The van der Waals surface area contributed by atoms with Gasteiger partial charge < -0.3 is 18.9 Å². The number of hydrogen-bond donors (Lipinski definition) is 0. The third-order valence-corrected chi connectivity index (χ3v) is 3.81. The Balaban J connectivity index is 2.67. The maximum atomic E-state index is 12.1. The second kappa shape index (κ2) is 9.29. The Kier molecular flexibility index (Phi) is 7.66. The van der Waals surface area contributed by atoms with Crippen LogP contribution in [0, 0.1) is 10.8 Å². The zero-order chi connectivity index (χ0) is 21.5. The predicted molar refractivity (Wildman–Crippen MR) is 96.4 cm³/mol. The molecule has 1 aromatic rings. The summed E-state index contributed by atoms with van der Waals surface area (Å²) in [4.78, 5) is 51.2. The van der Waals surface area contributed by atoms with E-state index in [4.69, 9.17) is 9.47 Å². The van der Waals surface area contributed by atoms with Crippen molar-refractivity contribution in [2.45, 2.75) is 27.7 Å². The highest BCUT2D eigenvalue weighted by atomic mass is 16.6. The summed E-state index contributed by atoms with van der Waals surface area (Å²) in [7, 11) is 2.50. The second-order valence-electron chi connectivity index (χ2n) is 7.34. The van der Waals surface area contributed by atoms with E-state index < -0.39 is 34.7 Å². The summed E-state index contributed by atoms with van der Waals surface area (Å²) in [5.41, 5.74) is -1.92. The van der Waals surface area contributed by atoms with Crippen LogP contribution < -0.4 is 0 Å². The lowest BCUT2D eigenvalue weighted by Gasteiger charge is -2.21. The van der Waals surface area contributed by atoms with Gasteiger partial charge in [-0.25, -0.2) is 14.6 Å². The summed E-state index contributed by atoms with van der Waals surface area (Å²) in [5.74, 6) is -2.47. The lowest BCUT2D eigenvalue weighted by Crippen LogP contribution is -2.32. The van der Waals surface area contributed by atoms with Crippen molar-refractivity contribution in [2.75, 3.05) is 27.4 Å². The molecule has 1 aromatic heterocycles. The Morgan fingerprint density at radius 1 is 0.821 bits per heavy atom. The molecule has 0 radical (unpaired) electrons. The molecule has 0 aliphatic heterocycles. The number of hydrogen-bond acceptors (Lipinski definition) is 9. The number of esters is 4. The van der Waals surface area contributed by atoms with E-state index in [2.05, 4.69) is 14.5 Å². The number of pyridine rings is 1. The number of ether oxygens (including phenoxy) is 4. The molecule has 0 aromatic carbocycles. The van der Waals surface area contributed by atoms with Gasteiger partial charge in [-0.2, -0.15) is 0 Å². The van der Waals surface area contributed by atoms with Gasteiger partial charge in [-0.3, -0.25) is 9.59 Å². The molecule has 1 rings (SSSR count). The monoisotopic (exact) mass is 395 g/mol. The van der Waals surface area contributed by atoms with Crippen LogP contribution in [0.5, 0.6) is 0 Å². The van der Waals surface area contributed by atoms with Gasteiger partial charge in [0.05, 0.1) is 30.6 Å². The molecule has 0 atom stereocenters. The lowest BCUT2D eigenvalue weighted by atomic mass is 9.95. The molecule has 0 saturated heterocycles. The summed E-state index contributed by atoms with van der Waals surface area (Å²) < 4.78 is 19.5. The van der Waals surface area contributed by atoms with Crippen molar-refractivity contribution in [3.63, 3.8) is 0 Å². The zero-order valence-corrected chi connectivity index (χ0v) is 16.9. The van der Waals surface area contributed by atoms with Crippen molar-refractivity contribution in [2.24, 2.45) is 10.8 Å². The van der Waals surface area contributed by atoms with Crippen molar-refractivity contribution in [3.8, 4) is 0 Å². The first kappa shape index (κ1) is 23.1. The van der Waals surface area contributed by atoms with Crippen LogP contribution in [0.4, 0.5) is 0 Å². The highest BCUT2D eigenvalue weighted by Crippen LogP contribution is 2.19. The van der Waals surface area contributed by atoms with E-state index in [9.17, 15) is 19.2 Å². The van der Waals surface area contributed by atoms with E-state index in [1.165, 1.54) is 26.4 Å². The van der Waals surface area contributed by atoms with Gasteiger partial charge in [-0.05, 0) is 39.8 Å². The average Bonchev–Trinajstić information content (AvgIpc) is 2.68. The van der Waals surface area contributed by atoms with Crippen LogP contribution in [0.1, 0.15) is 48.5 Å². The van der Waals surface area contributed by atoms with Gasteiger partial charge in [-0.15, -0.1) is 0 Å². The fraction of sp³-hybridized carbons (Fsp3) is 0.526. The smallest absolute Gasteiger partial charge is 0.356 e. The third kappa shape index (κ3) is 6.04.